The molecule has 0 saturated carbocycles. The minimum atomic E-state index is 0.493. The number of aromatic nitrogens is 6. The Kier molecular flexibility index (Phi) is 8.04. The van der Waals surface area contributed by atoms with Crippen LogP contribution in [-0.2, 0) is 0 Å². The first-order chi connectivity index (χ1) is 28.7. The van der Waals surface area contributed by atoms with Crippen molar-refractivity contribution in [3.8, 4) is 67.9 Å². The van der Waals surface area contributed by atoms with Crippen LogP contribution in [0.3, 0.4) is 0 Å². The van der Waals surface area contributed by atoms with Crippen LogP contribution in [0.1, 0.15) is 0 Å². The Balaban J connectivity index is 1.07. The lowest BCUT2D eigenvalue weighted by Gasteiger charge is -2.17. The molecule has 0 spiro atoms. The normalized spacial score (nSPS) is 11.4. The number of pyridine rings is 3. The van der Waals surface area contributed by atoms with Crippen LogP contribution in [0.25, 0.3) is 111 Å². The van der Waals surface area contributed by atoms with Gasteiger partial charge in [-0.05, 0) is 98.4 Å². The molecule has 58 heavy (non-hydrogen) atoms. The van der Waals surface area contributed by atoms with Crippen LogP contribution >= 0.6 is 0 Å². The SMILES string of the molecule is c1ccc(-c2nc(-c3cccc(-c4cccc(-c5cc6c(-c7ccc8ccccc8c7)nc7ccccc7c6c6ccccc56)c4)c3)nc(-c3ccccn3)n2)nc1. The second kappa shape index (κ2) is 14.0. The molecule has 0 radical (unpaired) electrons. The van der Waals surface area contributed by atoms with E-state index in [0.29, 0.717) is 28.9 Å². The third-order valence-electron chi connectivity index (χ3n) is 10.8. The van der Waals surface area contributed by atoms with Crippen LogP contribution in [0.5, 0.6) is 0 Å². The number of rotatable bonds is 6. The zero-order valence-corrected chi connectivity index (χ0v) is 31.2. The molecule has 0 fully saturated rings. The van der Waals surface area contributed by atoms with Crippen LogP contribution in [-0.4, -0.2) is 29.9 Å². The van der Waals surface area contributed by atoms with Crippen molar-refractivity contribution in [3.63, 3.8) is 0 Å². The molecule has 6 nitrogen and oxygen atoms in total. The van der Waals surface area contributed by atoms with E-state index in [1.54, 1.807) is 12.4 Å². The van der Waals surface area contributed by atoms with Crippen molar-refractivity contribution in [1.29, 1.82) is 0 Å². The highest BCUT2D eigenvalue weighted by Crippen LogP contribution is 2.42. The summed E-state index contributed by atoms with van der Waals surface area (Å²) in [6, 6.07) is 63.3. The van der Waals surface area contributed by atoms with Gasteiger partial charge in [0.25, 0.3) is 0 Å². The number of fused-ring (bicyclic) bond motifs is 6. The van der Waals surface area contributed by atoms with Crippen LogP contribution in [0, 0.1) is 0 Å². The fraction of sp³-hybridized carbons (Fsp3) is 0. The van der Waals surface area contributed by atoms with Crippen molar-refractivity contribution in [2.24, 2.45) is 0 Å². The van der Waals surface area contributed by atoms with Crippen molar-refractivity contribution in [1.82, 2.24) is 29.9 Å². The molecule has 0 unspecified atom stereocenters. The minimum Gasteiger partial charge on any atom is -0.253 e. The van der Waals surface area contributed by atoms with Gasteiger partial charge < -0.3 is 0 Å². The number of hydrogen-bond donors (Lipinski definition) is 0. The van der Waals surface area contributed by atoms with Gasteiger partial charge in [0.2, 0.25) is 0 Å². The summed E-state index contributed by atoms with van der Waals surface area (Å²) in [5.41, 5.74) is 9.66. The molecule has 0 aliphatic heterocycles. The molecule has 11 aromatic rings. The predicted molar refractivity (Wildman–Crippen MR) is 236 cm³/mol. The maximum absolute atomic E-state index is 5.35. The van der Waals surface area contributed by atoms with Crippen molar-refractivity contribution >= 4 is 43.2 Å². The molecule has 270 valence electrons. The van der Waals surface area contributed by atoms with E-state index in [2.05, 4.69) is 149 Å². The van der Waals surface area contributed by atoms with E-state index in [-0.39, 0.29) is 0 Å². The zero-order chi connectivity index (χ0) is 38.4. The fourth-order valence-electron chi connectivity index (χ4n) is 8.04. The van der Waals surface area contributed by atoms with E-state index in [4.69, 9.17) is 19.9 Å². The predicted octanol–water partition coefficient (Wildman–Crippen LogP) is 12.7. The summed E-state index contributed by atoms with van der Waals surface area (Å²) in [5.74, 6) is 1.54. The zero-order valence-electron chi connectivity index (χ0n) is 31.2. The summed E-state index contributed by atoms with van der Waals surface area (Å²) in [7, 11) is 0. The average Bonchev–Trinajstić information content (AvgIpc) is 3.31. The molecule has 0 aliphatic rings. The lowest BCUT2D eigenvalue weighted by Crippen LogP contribution is -2.01. The summed E-state index contributed by atoms with van der Waals surface area (Å²) in [6.45, 7) is 0. The van der Waals surface area contributed by atoms with Crippen LogP contribution in [0.2, 0.25) is 0 Å². The van der Waals surface area contributed by atoms with Crippen molar-refractivity contribution < 1.29 is 0 Å². The molecule has 4 aromatic heterocycles. The van der Waals surface area contributed by atoms with Gasteiger partial charge in [-0.2, -0.15) is 0 Å². The number of benzene rings is 7. The lowest BCUT2D eigenvalue weighted by molar-refractivity contribution is 1.05. The Labute approximate surface area is 334 Å². The summed E-state index contributed by atoms with van der Waals surface area (Å²) in [6.07, 6.45) is 3.49. The molecule has 4 heterocycles. The molecule has 0 aliphatic carbocycles. The van der Waals surface area contributed by atoms with Gasteiger partial charge in [0.1, 0.15) is 11.4 Å². The molecular weight excluding hydrogens is 709 g/mol. The van der Waals surface area contributed by atoms with Crippen molar-refractivity contribution in [3.05, 3.63) is 194 Å². The smallest absolute Gasteiger partial charge is 0.182 e. The van der Waals surface area contributed by atoms with E-state index >= 15 is 0 Å². The molecule has 7 aromatic carbocycles. The highest BCUT2D eigenvalue weighted by molar-refractivity contribution is 6.25. The Morgan fingerprint density at radius 2 is 0.897 bits per heavy atom. The second-order valence-corrected chi connectivity index (χ2v) is 14.3. The summed E-state index contributed by atoms with van der Waals surface area (Å²) >= 11 is 0. The fourth-order valence-corrected chi connectivity index (χ4v) is 8.04. The standard InChI is InChI=1S/C52H32N6/c1-2-14-34-30-38(26-25-33(34)13-1)49-44-32-43(40-19-3-4-20-41(40)48(44)42-21-5-6-22-45(42)55-49)37-17-11-15-35(29-37)36-16-12-18-39(31-36)50-56-51(46-23-7-9-27-53-46)58-52(57-50)47-24-8-10-28-54-47/h1-32H. The second-order valence-electron chi connectivity index (χ2n) is 14.3. The molecule has 0 N–H and O–H groups in total. The molecular formula is C52H32N6. The largest absolute Gasteiger partial charge is 0.253 e. The Hall–Kier alpha value is -7.96. The Bertz CT molecular complexity index is 3290. The third kappa shape index (κ3) is 5.92. The Morgan fingerprint density at radius 1 is 0.310 bits per heavy atom. The molecule has 0 saturated heterocycles. The van der Waals surface area contributed by atoms with E-state index in [9.17, 15) is 0 Å². The number of nitrogens with zero attached hydrogens (tertiary/aromatic N) is 6. The van der Waals surface area contributed by atoms with Crippen LogP contribution in [0.4, 0.5) is 0 Å². The van der Waals surface area contributed by atoms with Gasteiger partial charge in [0.05, 0.1) is 11.2 Å². The van der Waals surface area contributed by atoms with E-state index in [1.807, 2.05) is 42.5 Å². The first-order valence-corrected chi connectivity index (χ1v) is 19.3. The molecule has 6 heteroatoms. The van der Waals surface area contributed by atoms with E-state index < -0.39 is 0 Å². The van der Waals surface area contributed by atoms with Crippen LogP contribution < -0.4 is 0 Å². The van der Waals surface area contributed by atoms with Crippen molar-refractivity contribution in [2.45, 2.75) is 0 Å². The number of hydrogen-bond acceptors (Lipinski definition) is 6. The van der Waals surface area contributed by atoms with E-state index in [0.717, 1.165) is 55.4 Å². The van der Waals surface area contributed by atoms with Gasteiger partial charge in [-0.3, -0.25) is 9.97 Å². The minimum absolute atomic E-state index is 0.493. The Morgan fingerprint density at radius 3 is 1.62 bits per heavy atom. The molecule has 11 rings (SSSR count). The summed E-state index contributed by atoms with van der Waals surface area (Å²) in [5, 5.41) is 8.27. The third-order valence-corrected chi connectivity index (χ3v) is 10.8. The van der Waals surface area contributed by atoms with Gasteiger partial charge in [0, 0.05) is 39.7 Å². The quantitative estimate of drug-likeness (QED) is 0.158. The van der Waals surface area contributed by atoms with Gasteiger partial charge in [-0.25, -0.2) is 19.9 Å². The molecule has 0 bridgehead atoms. The van der Waals surface area contributed by atoms with Gasteiger partial charge >= 0.3 is 0 Å². The van der Waals surface area contributed by atoms with Crippen LogP contribution in [0.15, 0.2) is 194 Å². The van der Waals surface area contributed by atoms with Gasteiger partial charge in [-0.15, -0.1) is 0 Å². The lowest BCUT2D eigenvalue weighted by atomic mass is 9.89. The maximum atomic E-state index is 5.35. The first-order valence-electron chi connectivity index (χ1n) is 19.3. The summed E-state index contributed by atoms with van der Waals surface area (Å²) < 4.78 is 0. The van der Waals surface area contributed by atoms with E-state index in [1.165, 1.54) is 26.9 Å². The average molecular weight is 741 g/mol. The topological polar surface area (TPSA) is 77.3 Å². The highest BCUT2D eigenvalue weighted by Gasteiger charge is 2.18. The molecule has 0 amide bonds. The summed E-state index contributed by atoms with van der Waals surface area (Å²) in [4.78, 5) is 29.0. The maximum Gasteiger partial charge on any atom is 0.182 e. The van der Waals surface area contributed by atoms with Gasteiger partial charge in [-0.1, -0.05) is 127 Å². The van der Waals surface area contributed by atoms with Gasteiger partial charge in [0.15, 0.2) is 17.5 Å². The monoisotopic (exact) mass is 740 g/mol. The molecule has 0 atom stereocenters. The first kappa shape index (κ1) is 33.4. The number of para-hydroxylation sites is 1. The van der Waals surface area contributed by atoms with Crippen molar-refractivity contribution in [2.75, 3.05) is 0 Å². The highest BCUT2D eigenvalue weighted by atomic mass is 15.1.